The van der Waals surface area contributed by atoms with Gasteiger partial charge in [-0.1, -0.05) is 42.5 Å². The summed E-state index contributed by atoms with van der Waals surface area (Å²) in [7, 11) is 0. The zero-order valence-corrected chi connectivity index (χ0v) is 18.8. The number of nitrogens with zero attached hydrogens (tertiary/aromatic N) is 1. The van der Waals surface area contributed by atoms with E-state index in [1.165, 1.54) is 12.1 Å². The number of nitro benzene ring substituents is 1. The van der Waals surface area contributed by atoms with Crippen molar-refractivity contribution in [2.75, 3.05) is 18.5 Å². The van der Waals surface area contributed by atoms with Gasteiger partial charge in [-0.05, 0) is 49.8 Å². The number of amides is 1. The molecule has 8 heteroatoms. The Morgan fingerprint density at radius 3 is 2.47 bits per heavy atom. The largest absolute Gasteiger partial charge is 0.490 e. The van der Waals surface area contributed by atoms with Crippen molar-refractivity contribution < 1.29 is 24.0 Å². The summed E-state index contributed by atoms with van der Waals surface area (Å²) in [5.41, 5.74) is 1.95. The maximum Gasteiger partial charge on any atom is 0.273 e. The number of ketones is 1. The first-order valence-corrected chi connectivity index (χ1v) is 10.6. The molecule has 3 aromatic carbocycles. The summed E-state index contributed by atoms with van der Waals surface area (Å²) in [4.78, 5) is 35.3. The fourth-order valence-electron chi connectivity index (χ4n) is 3.11. The van der Waals surface area contributed by atoms with Crippen LogP contribution in [0.25, 0.3) is 6.08 Å². The smallest absolute Gasteiger partial charge is 0.273 e. The summed E-state index contributed by atoms with van der Waals surface area (Å²) in [6.07, 6.45) is 2.93. The predicted molar refractivity (Wildman–Crippen MR) is 129 cm³/mol. The zero-order chi connectivity index (χ0) is 24.5. The molecule has 174 valence electrons. The molecule has 0 atom stereocenters. The highest BCUT2D eigenvalue weighted by atomic mass is 16.6. The van der Waals surface area contributed by atoms with Crippen LogP contribution in [0.2, 0.25) is 0 Å². The summed E-state index contributed by atoms with van der Waals surface area (Å²) in [6, 6.07) is 18.5. The van der Waals surface area contributed by atoms with Crippen LogP contribution in [0.1, 0.15) is 28.4 Å². The van der Waals surface area contributed by atoms with Gasteiger partial charge in [0.2, 0.25) is 0 Å². The SMILES string of the molecule is CCOc1cc(/C=C/C(=O)c2ccc(C)c([N+](=O)[O-])c2)ccc1OCC(=O)Nc1ccccc1. The molecule has 0 aliphatic carbocycles. The maximum absolute atomic E-state index is 12.5. The van der Waals surface area contributed by atoms with Gasteiger partial charge >= 0.3 is 0 Å². The van der Waals surface area contributed by atoms with Crippen LogP contribution >= 0.6 is 0 Å². The van der Waals surface area contributed by atoms with Crippen LogP contribution in [0.4, 0.5) is 11.4 Å². The van der Waals surface area contributed by atoms with E-state index in [2.05, 4.69) is 5.32 Å². The molecule has 1 N–H and O–H groups in total. The Balaban J connectivity index is 1.69. The minimum absolute atomic E-state index is 0.101. The predicted octanol–water partition coefficient (Wildman–Crippen LogP) is 5.22. The summed E-state index contributed by atoms with van der Waals surface area (Å²) in [5, 5.41) is 13.9. The summed E-state index contributed by atoms with van der Waals surface area (Å²) in [6.45, 7) is 3.62. The molecule has 0 radical (unpaired) electrons. The lowest BCUT2D eigenvalue weighted by Gasteiger charge is -2.12. The lowest BCUT2D eigenvalue weighted by Crippen LogP contribution is -2.20. The maximum atomic E-state index is 12.5. The van der Waals surface area contributed by atoms with E-state index in [0.29, 0.717) is 34.9 Å². The Morgan fingerprint density at radius 1 is 1.00 bits per heavy atom. The number of para-hydroxylation sites is 1. The summed E-state index contributed by atoms with van der Waals surface area (Å²) >= 11 is 0. The Morgan fingerprint density at radius 2 is 1.76 bits per heavy atom. The minimum atomic E-state index is -0.511. The molecule has 0 aromatic heterocycles. The number of carbonyl (C=O) groups is 2. The van der Waals surface area contributed by atoms with Crippen molar-refractivity contribution >= 4 is 29.1 Å². The summed E-state index contributed by atoms with van der Waals surface area (Å²) in [5.74, 6) is 0.146. The molecule has 0 bridgehead atoms. The first-order valence-electron chi connectivity index (χ1n) is 10.6. The first kappa shape index (κ1) is 24.2. The molecule has 0 saturated carbocycles. The van der Waals surface area contributed by atoms with Gasteiger partial charge in [0, 0.05) is 22.9 Å². The standard InChI is InChI=1S/C26H24N2O6/c1-3-33-25-15-19(10-13-23(29)20-12-9-18(2)22(16-20)28(31)32)11-14-24(25)34-17-26(30)27-21-7-5-4-6-8-21/h4-16H,3,17H2,1-2H3,(H,27,30)/b13-10+. The Bertz CT molecular complexity index is 1220. The average molecular weight is 460 g/mol. The molecule has 0 saturated heterocycles. The summed E-state index contributed by atoms with van der Waals surface area (Å²) < 4.78 is 11.3. The molecule has 0 fully saturated rings. The van der Waals surface area contributed by atoms with Crippen molar-refractivity contribution in [3.63, 3.8) is 0 Å². The Kier molecular flexibility index (Phi) is 8.12. The van der Waals surface area contributed by atoms with E-state index in [4.69, 9.17) is 9.47 Å². The van der Waals surface area contributed by atoms with Gasteiger partial charge in [0.1, 0.15) is 0 Å². The number of hydrogen-bond donors (Lipinski definition) is 1. The van der Waals surface area contributed by atoms with Crippen LogP contribution in [0.5, 0.6) is 11.5 Å². The van der Waals surface area contributed by atoms with E-state index in [1.54, 1.807) is 55.5 Å². The van der Waals surface area contributed by atoms with Crippen molar-refractivity contribution in [3.05, 3.63) is 99.6 Å². The van der Waals surface area contributed by atoms with Gasteiger partial charge in [0.25, 0.3) is 11.6 Å². The number of allylic oxidation sites excluding steroid dienone is 1. The molecular weight excluding hydrogens is 436 g/mol. The molecule has 0 spiro atoms. The van der Waals surface area contributed by atoms with E-state index in [0.717, 1.165) is 0 Å². The molecule has 0 heterocycles. The van der Waals surface area contributed by atoms with Crippen LogP contribution in [-0.4, -0.2) is 29.8 Å². The van der Waals surface area contributed by atoms with E-state index in [1.807, 2.05) is 25.1 Å². The van der Waals surface area contributed by atoms with Gasteiger partial charge in [0.15, 0.2) is 23.9 Å². The van der Waals surface area contributed by atoms with Gasteiger partial charge in [-0.2, -0.15) is 0 Å². The van der Waals surface area contributed by atoms with Crippen molar-refractivity contribution in [1.29, 1.82) is 0 Å². The fraction of sp³-hybridized carbons (Fsp3) is 0.154. The lowest BCUT2D eigenvalue weighted by molar-refractivity contribution is -0.385. The monoisotopic (exact) mass is 460 g/mol. The molecule has 34 heavy (non-hydrogen) atoms. The highest BCUT2D eigenvalue weighted by molar-refractivity contribution is 6.07. The highest BCUT2D eigenvalue weighted by Gasteiger charge is 2.14. The fourth-order valence-corrected chi connectivity index (χ4v) is 3.11. The topological polar surface area (TPSA) is 108 Å². The van der Waals surface area contributed by atoms with E-state index in [9.17, 15) is 19.7 Å². The minimum Gasteiger partial charge on any atom is -0.490 e. The van der Waals surface area contributed by atoms with E-state index >= 15 is 0 Å². The molecule has 1 amide bonds. The second-order valence-corrected chi connectivity index (χ2v) is 7.30. The Labute approximate surface area is 197 Å². The lowest BCUT2D eigenvalue weighted by atomic mass is 10.1. The van der Waals surface area contributed by atoms with Gasteiger partial charge in [-0.3, -0.25) is 19.7 Å². The van der Waals surface area contributed by atoms with Crippen LogP contribution in [-0.2, 0) is 4.79 Å². The van der Waals surface area contributed by atoms with Crippen molar-refractivity contribution in [3.8, 4) is 11.5 Å². The number of anilines is 1. The third-order valence-electron chi connectivity index (χ3n) is 4.80. The van der Waals surface area contributed by atoms with Crippen LogP contribution in [0.15, 0.2) is 72.8 Å². The quantitative estimate of drug-likeness (QED) is 0.192. The van der Waals surface area contributed by atoms with Gasteiger partial charge in [-0.25, -0.2) is 0 Å². The Hall–Kier alpha value is -4.46. The van der Waals surface area contributed by atoms with Crippen LogP contribution in [0.3, 0.4) is 0 Å². The van der Waals surface area contributed by atoms with Gasteiger partial charge in [0.05, 0.1) is 11.5 Å². The van der Waals surface area contributed by atoms with E-state index < -0.39 is 4.92 Å². The third kappa shape index (κ3) is 6.52. The number of nitro groups is 1. The molecule has 8 nitrogen and oxygen atoms in total. The number of nitrogens with one attached hydrogen (secondary N) is 1. The van der Waals surface area contributed by atoms with Gasteiger partial charge in [-0.15, -0.1) is 0 Å². The highest BCUT2D eigenvalue weighted by Crippen LogP contribution is 2.29. The number of hydrogen-bond acceptors (Lipinski definition) is 6. The number of ether oxygens (including phenoxy) is 2. The van der Waals surface area contributed by atoms with Crippen molar-refractivity contribution in [2.45, 2.75) is 13.8 Å². The number of carbonyl (C=O) groups excluding carboxylic acids is 2. The molecular formula is C26H24N2O6. The van der Waals surface area contributed by atoms with Crippen molar-refractivity contribution in [2.24, 2.45) is 0 Å². The molecule has 0 aliphatic rings. The number of benzene rings is 3. The average Bonchev–Trinajstić information content (AvgIpc) is 2.83. The van der Waals surface area contributed by atoms with Gasteiger partial charge < -0.3 is 14.8 Å². The number of rotatable bonds is 10. The number of aryl methyl sites for hydroxylation is 1. The molecule has 0 unspecified atom stereocenters. The first-order chi connectivity index (χ1) is 16.4. The zero-order valence-electron chi connectivity index (χ0n) is 18.8. The van der Waals surface area contributed by atoms with E-state index in [-0.39, 0.29) is 29.5 Å². The van der Waals surface area contributed by atoms with Crippen LogP contribution < -0.4 is 14.8 Å². The third-order valence-corrected chi connectivity index (χ3v) is 4.80. The van der Waals surface area contributed by atoms with Crippen LogP contribution in [0, 0.1) is 17.0 Å². The second kappa shape index (κ2) is 11.4. The normalized spacial score (nSPS) is 10.6. The molecule has 3 aromatic rings. The molecule has 0 aliphatic heterocycles. The second-order valence-electron chi connectivity index (χ2n) is 7.30. The molecule has 3 rings (SSSR count). The van der Waals surface area contributed by atoms with Crippen molar-refractivity contribution in [1.82, 2.24) is 0 Å².